The maximum absolute atomic E-state index is 11.4. The highest BCUT2D eigenvalue weighted by Gasteiger charge is 2.18. The van der Waals surface area contributed by atoms with Crippen molar-refractivity contribution in [2.45, 2.75) is 12.5 Å². The number of nitrogens with one attached hydrogen (secondary N) is 1. The molecule has 0 saturated heterocycles. The third kappa shape index (κ3) is 4.23. The SMILES string of the molecule is N#Cc1ccc(C[C@H](Nc2ccc(C#N)c(Cl)c2)C(=O)O)cc1. The smallest absolute Gasteiger partial charge is 0.326 e. The van der Waals surface area contributed by atoms with Crippen LogP contribution in [0.3, 0.4) is 0 Å². The van der Waals surface area contributed by atoms with Crippen LogP contribution < -0.4 is 5.32 Å². The molecule has 2 rings (SSSR count). The fourth-order valence-corrected chi connectivity index (χ4v) is 2.27. The molecule has 6 heteroatoms. The van der Waals surface area contributed by atoms with Crippen molar-refractivity contribution in [3.05, 3.63) is 64.2 Å². The van der Waals surface area contributed by atoms with E-state index < -0.39 is 12.0 Å². The fraction of sp³-hybridized carbons (Fsp3) is 0.118. The first-order chi connectivity index (χ1) is 11.0. The van der Waals surface area contributed by atoms with E-state index in [0.29, 0.717) is 16.8 Å². The first-order valence-corrected chi connectivity index (χ1v) is 7.09. The molecular weight excluding hydrogens is 314 g/mol. The van der Waals surface area contributed by atoms with Gasteiger partial charge >= 0.3 is 5.97 Å². The highest BCUT2D eigenvalue weighted by Crippen LogP contribution is 2.21. The van der Waals surface area contributed by atoms with E-state index in [9.17, 15) is 9.90 Å². The third-order valence-electron chi connectivity index (χ3n) is 3.25. The Morgan fingerprint density at radius 3 is 2.39 bits per heavy atom. The number of hydrogen-bond donors (Lipinski definition) is 2. The monoisotopic (exact) mass is 325 g/mol. The molecule has 0 bridgehead atoms. The number of carbonyl (C=O) groups is 1. The molecule has 0 aliphatic carbocycles. The van der Waals surface area contributed by atoms with Crippen LogP contribution in [-0.4, -0.2) is 17.1 Å². The molecule has 114 valence electrons. The van der Waals surface area contributed by atoms with Crippen LogP contribution in [0, 0.1) is 22.7 Å². The molecule has 0 spiro atoms. The van der Waals surface area contributed by atoms with Gasteiger partial charge in [0.2, 0.25) is 0 Å². The molecule has 0 aromatic heterocycles. The van der Waals surface area contributed by atoms with Crippen molar-refractivity contribution in [2.24, 2.45) is 0 Å². The van der Waals surface area contributed by atoms with Crippen molar-refractivity contribution in [3.63, 3.8) is 0 Å². The second kappa shape index (κ2) is 7.31. The number of carboxylic acid groups (broad SMARTS) is 1. The highest BCUT2D eigenvalue weighted by molar-refractivity contribution is 6.32. The van der Waals surface area contributed by atoms with E-state index in [-0.39, 0.29) is 11.4 Å². The molecule has 0 fully saturated rings. The molecule has 0 heterocycles. The zero-order chi connectivity index (χ0) is 16.8. The van der Waals surface area contributed by atoms with Gasteiger partial charge in [0, 0.05) is 12.1 Å². The predicted molar refractivity (Wildman–Crippen MR) is 86.1 cm³/mol. The minimum Gasteiger partial charge on any atom is -0.480 e. The van der Waals surface area contributed by atoms with Crippen molar-refractivity contribution < 1.29 is 9.90 Å². The van der Waals surface area contributed by atoms with E-state index >= 15 is 0 Å². The van der Waals surface area contributed by atoms with Crippen LogP contribution in [0.1, 0.15) is 16.7 Å². The Morgan fingerprint density at radius 1 is 1.17 bits per heavy atom. The van der Waals surface area contributed by atoms with Gasteiger partial charge in [-0.05, 0) is 35.9 Å². The molecule has 0 unspecified atom stereocenters. The van der Waals surface area contributed by atoms with Gasteiger partial charge < -0.3 is 10.4 Å². The molecule has 2 N–H and O–H groups in total. The largest absolute Gasteiger partial charge is 0.480 e. The summed E-state index contributed by atoms with van der Waals surface area (Å²) in [6, 6.07) is 14.5. The van der Waals surface area contributed by atoms with E-state index in [0.717, 1.165) is 5.56 Å². The van der Waals surface area contributed by atoms with Gasteiger partial charge in [-0.25, -0.2) is 4.79 Å². The number of carboxylic acids is 1. The number of aliphatic carboxylic acids is 1. The standard InChI is InChI=1S/C17H12ClN3O2/c18-15-8-14(6-5-13(15)10-20)21-16(17(22)23)7-11-1-3-12(9-19)4-2-11/h1-6,8,16,21H,7H2,(H,22,23)/t16-/m0/s1. The number of anilines is 1. The summed E-state index contributed by atoms with van der Waals surface area (Å²) in [6.45, 7) is 0. The lowest BCUT2D eigenvalue weighted by Crippen LogP contribution is -2.31. The summed E-state index contributed by atoms with van der Waals surface area (Å²) in [7, 11) is 0. The minimum absolute atomic E-state index is 0.249. The lowest BCUT2D eigenvalue weighted by Gasteiger charge is -2.16. The number of nitrogens with zero attached hydrogens (tertiary/aromatic N) is 2. The third-order valence-corrected chi connectivity index (χ3v) is 3.56. The Morgan fingerprint density at radius 2 is 1.87 bits per heavy atom. The maximum atomic E-state index is 11.4. The van der Waals surface area contributed by atoms with Crippen LogP contribution in [0.15, 0.2) is 42.5 Å². The first kappa shape index (κ1) is 16.4. The van der Waals surface area contributed by atoms with E-state index in [1.54, 1.807) is 30.3 Å². The van der Waals surface area contributed by atoms with E-state index in [4.69, 9.17) is 22.1 Å². The molecule has 5 nitrogen and oxygen atoms in total. The molecule has 0 aliphatic heterocycles. The summed E-state index contributed by atoms with van der Waals surface area (Å²) >= 11 is 5.95. The topological polar surface area (TPSA) is 96.9 Å². The van der Waals surface area contributed by atoms with Gasteiger partial charge in [-0.2, -0.15) is 10.5 Å². The van der Waals surface area contributed by atoms with E-state index in [1.165, 1.54) is 12.1 Å². The summed E-state index contributed by atoms with van der Waals surface area (Å²) in [6.07, 6.45) is 0.249. The van der Waals surface area contributed by atoms with Crippen LogP contribution in [0.4, 0.5) is 5.69 Å². The molecule has 0 aliphatic rings. The number of halogens is 1. The van der Waals surface area contributed by atoms with Gasteiger partial charge in [0.1, 0.15) is 12.1 Å². The minimum atomic E-state index is -1.00. The molecule has 23 heavy (non-hydrogen) atoms. The zero-order valence-corrected chi connectivity index (χ0v) is 12.7. The average Bonchev–Trinajstić information content (AvgIpc) is 2.55. The molecule has 0 radical (unpaired) electrons. The second-order valence-electron chi connectivity index (χ2n) is 4.85. The lowest BCUT2D eigenvalue weighted by atomic mass is 10.0. The summed E-state index contributed by atoms with van der Waals surface area (Å²) < 4.78 is 0. The summed E-state index contributed by atoms with van der Waals surface area (Å²) in [4.78, 5) is 11.4. The number of rotatable bonds is 5. The van der Waals surface area contributed by atoms with Crippen LogP contribution in [0.5, 0.6) is 0 Å². The van der Waals surface area contributed by atoms with Gasteiger partial charge in [0.15, 0.2) is 0 Å². The predicted octanol–water partition coefficient (Wildman–Crippen LogP) is 3.19. The molecular formula is C17H12ClN3O2. The van der Waals surface area contributed by atoms with Crippen LogP contribution in [-0.2, 0) is 11.2 Å². The molecule has 0 saturated carbocycles. The molecule has 2 aromatic carbocycles. The summed E-state index contributed by atoms with van der Waals surface area (Å²) in [5.74, 6) is -1.00. The lowest BCUT2D eigenvalue weighted by molar-refractivity contribution is -0.137. The van der Waals surface area contributed by atoms with Crippen LogP contribution in [0.25, 0.3) is 0 Å². The summed E-state index contributed by atoms with van der Waals surface area (Å²) in [5, 5.41) is 30.1. The van der Waals surface area contributed by atoms with Gasteiger partial charge in [-0.3, -0.25) is 0 Å². The summed E-state index contributed by atoms with van der Waals surface area (Å²) in [5.41, 5.74) is 2.17. The van der Waals surface area contributed by atoms with Gasteiger partial charge in [-0.1, -0.05) is 23.7 Å². The zero-order valence-electron chi connectivity index (χ0n) is 12.0. The van der Waals surface area contributed by atoms with E-state index in [1.807, 2.05) is 12.1 Å². The molecule has 1 atom stereocenters. The Balaban J connectivity index is 2.15. The normalized spacial score (nSPS) is 11.1. The Hall–Kier alpha value is -3.02. The second-order valence-corrected chi connectivity index (χ2v) is 5.26. The van der Waals surface area contributed by atoms with Crippen molar-refractivity contribution in [1.29, 1.82) is 10.5 Å². The number of nitriles is 2. The number of benzene rings is 2. The van der Waals surface area contributed by atoms with Gasteiger partial charge in [0.05, 0.1) is 22.2 Å². The average molecular weight is 326 g/mol. The number of hydrogen-bond acceptors (Lipinski definition) is 4. The Labute approximate surface area is 138 Å². The van der Waals surface area contributed by atoms with Crippen molar-refractivity contribution in [2.75, 3.05) is 5.32 Å². The van der Waals surface area contributed by atoms with Gasteiger partial charge in [0.25, 0.3) is 0 Å². The van der Waals surface area contributed by atoms with Crippen molar-refractivity contribution in [3.8, 4) is 12.1 Å². The Kier molecular flexibility index (Phi) is 5.19. The quantitative estimate of drug-likeness (QED) is 0.879. The molecule has 0 amide bonds. The highest BCUT2D eigenvalue weighted by atomic mass is 35.5. The van der Waals surface area contributed by atoms with Crippen molar-refractivity contribution >= 4 is 23.3 Å². The van der Waals surface area contributed by atoms with Crippen molar-refractivity contribution in [1.82, 2.24) is 0 Å². The van der Waals surface area contributed by atoms with E-state index in [2.05, 4.69) is 5.32 Å². The van der Waals surface area contributed by atoms with Crippen LogP contribution >= 0.6 is 11.6 Å². The fourth-order valence-electron chi connectivity index (χ4n) is 2.05. The van der Waals surface area contributed by atoms with Crippen LogP contribution in [0.2, 0.25) is 5.02 Å². The van der Waals surface area contributed by atoms with Gasteiger partial charge in [-0.15, -0.1) is 0 Å². The first-order valence-electron chi connectivity index (χ1n) is 6.71. The molecule has 2 aromatic rings. The Bertz CT molecular complexity index is 804. The maximum Gasteiger partial charge on any atom is 0.326 e.